The van der Waals surface area contributed by atoms with Gasteiger partial charge >= 0.3 is 0 Å². The van der Waals surface area contributed by atoms with E-state index in [1.165, 1.54) is 0 Å². The standard InChI is InChI=1S/C63H39N3O/c1-4-18-40(19-5-1)43-24-16-26-45(36-43)55-39-56(66-63(65-55)42-22-8-3-9-23-42)50-35-34-47(48-28-10-11-29-49(48)50)44-25-17-27-46(37-44)59-60-51-30-12-14-32-54(51)64-62(41-20-6-2-7-21-41)53(60)38-58-61(59)52-31-13-15-33-57(52)67-58/h1-39H. The molecule has 3 heterocycles. The lowest BCUT2D eigenvalue weighted by Gasteiger charge is -2.17. The van der Waals surface area contributed by atoms with Crippen molar-refractivity contribution in [3.63, 3.8) is 0 Å². The number of benzene rings is 10. The minimum Gasteiger partial charge on any atom is -0.456 e. The van der Waals surface area contributed by atoms with Crippen LogP contribution in [-0.4, -0.2) is 15.0 Å². The summed E-state index contributed by atoms with van der Waals surface area (Å²) >= 11 is 0. The highest BCUT2D eigenvalue weighted by atomic mass is 16.3. The molecule has 0 saturated carbocycles. The molecule has 0 aliphatic rings. The zero-order chi connectivity index (χ0) is 44.3. The smallest absolute Gasteiger partial charge is 0.160 e. The van der Waals surface area contributed by atoms with Gasteiger partial charge in [-0.1, -0.05) is 200 Å². The molecule has 0 amide bonds. The van der Waals surface area contributed by atoms with Gasteiger partial charge in [0, 0.05) is 54.7 Å². The minimum absolute atomic E-state index is 0.686. The van der Waals surface area contributed by atoms with E-state index in [2.05, 4.69) is 212 Å². The van der Waals surface area contributed by atoms with Gasteiger partial charge < -0.3 is 4.42 Å². The van der Waals surface area contributed by atoms with Gasteiger partial charge in [0.05, 0.1) is 22.6 Å². The third kappa shape index (κ3) is 6.65. The number of hydrogen-bond acceptors (Lipinski definition) is 4. The van der Waals surface area contributed by atoms with Crippen LogP contribution in [0.4, 0.5) is 0 Å². The molecule has 0 bridgehead atoms. The molecular weight excluding hydrogens is 815 g/mol. The van der Waals surface area contributed by atoms with Crippen LogP contribution in [-0.2, 0) is 0 Å². The molecule has 4 heteroatoms. The van der Waals surface area contributed by atoms with E-state index in [1.54, 1.807) is 0 Å². The van der Waals surface area contributed by atoms with Crippen molar-refractivity contribution in [3.05, 3.63) is 237 Å². The number of aromatic nitrogens is 3. The predicted octanol–water partition coefficient (Wildman–Crippen LogP) is 16.9. The Morgan fingerprint density at radius 1 is 0.284 bits per heavy atom. The number of pyridine rings is 1. The topological polar surface area (TPSA) is 51.8 Å². The molecule has 67 heavy (non-hydrogen) atoms. The zero-order valence-electron chi connectivity index (χ0n) is 36.3. The van der Waals surface area contributed by atoms with E-state index in [0.29, 0.717) is 5.82 Å². The fraction of sp³-hybridized carbons (Fsp3) is 0. The molecule has 0 fully saturated rings. The lowest BCUT2D eigenvalue weighted by atomic mass is 9.87. The van der Waals surface area contributed by atoms with E-state index in [1.807, 2.05) is 24.3 Å². The molecule has 13 rings (SSSR count). The first-order valence-corrected chi connectivity index (χ1v) is 22.7. The molecule has 0 atom stereocenters. The second kappa shape index (κ2) is 15.9. The molecule has 0 N–H and O–H groups in total. The Hall–Kier alpha value is -8.99. The first kappa shape index (κ1) is 38.5. The Morgan fingerprint density at radius 2 is 0.836 bits per heavy atom. The van der Waals surface area contributed by atoms with Crippen molar-refractivity contribution in [1.82, 2.24) is 15.0 Å². The lowest BCUT2D eigenvalue weighted by Crippen LogP contribution is -1.97. The average molecular weight is 854 g/mol. The fourth-order valence-electron chi connectivity index (χ4n) is 9.98. The van der Waals surface area contributed by atoms with Crippen LogP contribution in [0.15, 0.2) is 241 Å². The summed E-state index contributed by atoms with van der Waals surface area (Å²) in [5, 5.41) is 7.75. The molecule has 4 nitrogen and oxygen atoms in total. The molecule has 3 aromatic heterocycles. The van der Waals surface area contributed by atoms with Crippen LogP contribution >= 0.6 is 0 Å². The van der Waals surface area contributed by atoms with Crippen LogP contribution in [0, 0.1) is 0 Å². The van der Waals surface area contributed by atoms with Crippen molar-refractivity contribution >= 4 is 54.4 Å². The van der Waals surface area contributed by atoms with Crippen molar-refractivity contribution in [2.45, 2.75) is 0 Å². The number of rotatable bonds is 7. The monoisotopic (exact) mass is 853 g/mol. The van der Waals surface area contributed by atoms with Gasteiger partial charge in [0.2, 0.25) is 0 Å². The molecule has 0 saturated heterocycles. The Bertz CT molecular complexity index is 4030. The minimum atomic E-state index is 0.686. The molecule has 0 aliphatic carbocycles. The molecule has 0 unspecified atom stereocenters. The maximum Gasteiger partial charge on any atom is 0.160 e. The lowest BCUT2D eigenvalue weighted by molar-refractivity contribution is 0.669. The van der Waals surface area contributed by atoms with Crippen LogP contribution < -0.4 is 0 Å². The zero-order valence-corrected chi connectivity index (χ0v) is 36.3. The summed E-state index contributed by atoms with van der Waals surface area (Å²) in [6.07, 6.45) is 0. The van der Waals surface area contributed by atoms with Crippen molar-refractivity contribution < 1.29 is 4.42 Å². The Morgan fingerprint density at radius 3 is 1.61 bits per heavy atom. The summed E-state index contributed by atoms with van der Waals surface area (Å²) in [5.41, 5.74) is 16.2. The molecular formula is C63H39N3O. The molecule has 0 aliphatic heterocycles. The van der Waals surface area contributed by atoms with Crippen LogP contribution in [0.2, 0.25) is 0 Å². The first-order chi connectivity index (χ1) is 33.2. The number of fused-ring (bicyclic) bond motifs is 7. The van der Waals surface area contributed by atoms with Gasteiger partial charge in [-0.3, -0.25) is 0 Å². The number of nitrogens with zero attached hydrogens (tertiary/aromatic N) is 3. The maximum atomic E-state index is 6.71. The van der Waals surface area contributed by atoms with Gasteiger partial charge in [0.1, 0.15) is 11.2 Å². The molecule has 312 valence electrons. The summed E-state index contributed by atoms with van der Waals surface area (Å²) in [4.78, 5) is 15.8. The van der Waals surface area contributed by atoms with E-state index in [4.69, 9.17) is 19.4 Å². The summed E-state index contributed by atoms with van der Waals surface area (Å²) in [6.45, 7) is 0. The third-order valence-corrected chi connectivity index (χ3v) is 13.1. The van der Waals surface area contributed by atoms with E-state index in [0.717, 1.165) is 127 Å². The number of para-hydroxylation sites is 2. The van der Waals surface area contributed by atoms with Crippen LogP contribution in [0.1, 0.15) is 0 Å². The summed E-state index contributed by atoms with van der Waals surface area (Å²) in [6, 6.07) is 83.3. The SMILES string of the molecule is c1ccc(-c2cccc(-c3cc(-c4ccc(-c5cccc(-c6c7c(cc8c(-c9ccccc9)nc9ccccc9c68)oc6ccccc67)c5)c5ccccc45)nc(-c4ccccc4)n3)c2)cc1. The van der Waals surface area contributed by atoms with Crippen molar-refractivity contribution in [2.75, 3.05) is 0 Å². The van der Waals surface area contributed by atoms with E-state index in [-0.39, 0.29) is 0 Å². The highest BCUT2D eigenvalue weighted by Gasteiger charge is 2.23. The third-order valence-electron chi connectivity index (χ3n) is 13.1. The summed E-state index contributed by atoms with van der Waals surface area (Å²) in [5.74, 6) is 0.686. The number of furan rings is 1. The van der Waals surface area contributed by atoms with Crippen LogP contribution in [0.3, 0.4) is 0 Å². The van der Waals surface area contributed by atoms with E-state index in [9.17, 15) is 0 Å². The summed E-state index contributed by atoms with van der Waals surface area (Å²) in [7, 11) is 0. The van der Waals surface area contributed by atoms with Gasteiger partial charge in [-0.2, -0.15) is 0 Å². The van der Waals surface area contributed by atoms with Gasteiger partial charge in [0.15, 0.2) is 5.82 Å². The quantitative estimate of drug-likeness (QED) is 0.150. The largest absolute Gasteiger partial charge is 0.456 e. The highest BCUT2D eigenvalue weighted by molar-refractivity contribution is 6.28. The highest BCUT2D eigenvalue weighted by Crippen LogP contribution is 2.47. The predicted molar refractivity (Wildman–Crippen MR) is 278 cm³/mol. The summed E-state index contributed by atoms with van der Waals surface area (Å²) < 4.78 is 6.71. The maximum absolute atomic E-state index is 6.71. The Labute approximate surface area is 387 Å². The van der Waals surface area contributed by atoms with Crippen LogP contribution in [0.25, 0.3) is 133 Å². The number of hydrogen-bond donors (Lipinski definition) is 0. The van der Waals surface area contributed by atoms with Crippen molar-refractivity contribution in [1.29, 1.82) is 0 Å². The average Bonchev–Trinajstić information content (AvgIpc) is 3.78. The van der Waals surface area contributed by atoms with E-state index >= 15 is 0 Å². The van der Waals surface area contributed by atoms with Gasteiger partial charge in [0.25, 0.3) is 0 Å². The van der Waals surface area contributed by atoms with Gasteiger partial charge in [-0.15, -0.1) is 0 Å². The fourth-order valence-corrected chi connectivity index (χ4v) is 9.98. The second-order valence-corrected chi connectivity index (χ2v) is 17.1. The first-order valence-electron chi connectivity index (χ1n) is 22.7. The molecule has 10 aromatic carbocycles. The van der Waals surface area contributed by atoms with E-state index < -0.39 is 0 Å². The molecule has 0 radical (unpaired) electrons. The van der Waals surface area contributed by atoms with Crippen molar-refractivity contribution in [3.8, 4) is 78.5 Å². The Balaban J connectivity index is 1.01. The molecule has 13 aromatic rings. The van der Waals surface area contributed by atoms with Gasteiger partial charge in [-0.05, 0) is 75.0 Å². The normalized spacial score (nSPS) is 11.6. The van der Waals surface area contributed by atoms with Gasteiger partial charge in [-0.25, -0.2) is 15.0 Å². The Kier molecular flexibility index (Phi) is 9.14. The van der Waals surface area contributed by atoms with Crippen LogP contribution in [0.5, 0.6) is 0 Å². The van der Waals surface area contributed by atoms with Crippen molar-refractivity contribution in [2.24, 2.45) is 0 Å². The second-order valence-electron chi connectivity index (χ2n) is 17.1. The molecule has 0 spiro atoms.